The average molecular weight is 445 g/mol. The van der Waals surface area contributed by atoms with E-state index < -0.39 is 5.91 Å². The summed E-state index contributed by atoms with van der Waals surface area (Å²) in [4.78, 5) is 45.4. The van der Waals surface area contributed by atoms with Gasteiger partial charge in [-0.1, -0.05) is 11.6 Å². The van der Waals surface area contributed by atoms with E-state index in [4.69, 9.17) is 11.6 Å². The molecule has 0 bridgehead atoms. The lowest BCUT2D eigenvalue weighted by Crippen LogP contribution is -2.40. The Hall–Kier alpha value is -2.71. The largest absolute Gasteiger partial charge is 0.345 e. The van der Waals surface area contributed by atoms with Crippen molar-refractivity contribution in [2.45, 2.75) is 32.2 Å². The number of fused-ring (bicyclic) bond motifs is 3. The maximum absolute atomic E-state index is 12.9. The molecule has 0 atom stereocenters. The SMILES string of the molecule is CN(C(=O)CNC(=O)Cn1cnc2sc3c(c2c1=O)CCCC3)c1ccc(Cl)cc1. The van der Waals surface area contributed by atoms with Crippen molar-refractivity contribution >= 4 is 50.7 Å². The molecule has 9 heteroatoms. The number of rotatable bonds is 5. The summed E-state index contributed by atoms with van der Waals surface area (Å²) in [6, 6.07) is 6.84. The lowest BCUT2D eigenvalue weighted by molar-refractivity contribution is -0.125. The molecule has 2 heterocycles. The molecule has 0 spiro atoms. The highest BCUT2D eigenvalue weighted by molar-refractivity contribution is 7.18. The number of amides is 2. The Kier molecular flexibility index (Phi) is 5.87. The number of nitrogens with zero attached hydrogens (tertiary/aromatic N) is 3. The van der Waals surface area contributed by atoms with Gasteiger partial charge >= 0.3 is 0 Å². The number of hydrogen-bond donors (Lipinski definition) is 1. The van der Waals surface area contributed by atoms with Gasteiger partial charge in [0, 0.05) is 22.6 Å². The van der Waals surface area contributed by atoms with Crippen LogP contribution in [0.2, 0.25) is 5.02 Å². The van der Waals surface area contributed by atoms with Gasteiger partial charge in [0.1, 0.15) is 11.4 Å². The third kappa shape index (κ3) is 4.11. The van der Waals surface area contributed by atoms with Gasteiger partial charge in [0.25, 0.3) is 5.56 Å². The zero-order valence-corrected chi connectivity index (χ0v) is 18.1. The van der Waals surface area contributed by atoms with E-state index in [-0.39, 0.29) is 24.6 Å². The number of benzene rings is 1. The molecule has 1 N–H and O–H groups in total. The van der Waals surface area contributed by atoms with Crippen molar-refractivity contribution in [2.75, 3.05) is 18.5 Å². The minimum absolute atomic E-state index is 0.170. The Labute approximate surface area is 182 Å². The minimum atomic E-state index is -0.416. The van der Waals surface area contributed by atoms with Gasteiger partial charge in [-0.25, -0.2) is 4.98 Å². The van der Waals surface area contributed by atoms with Gasteiger partial charge in [-0.3, -0.25) is 19.0 Å². The second kappa shape index (κ2) is 8.57. The third-order valence-electron chi connectivity index (χ3n) is 5.28. The highest BCUT2D eigenvalue weighted by atomic mass is 35.5. The fourth-order valence-electron chi connectivity index (χ4n) is 3.61. The van der Waals surface area contributed by atoms with Crippen LogP contribution in [0.5, 0.6) is 0 Å². The van der Waals surface area contributed by atoms with Crippen molar-refractivity contribution in [3.05, 3.63) is 56.4 Å². The van der Waals surface area contributed by atoms with Crippen LogP contribution in [0.25, 0.3) is 10.2 Å². The Morgan fingerprint density at radius 3 is 2.73 bits per heavy atom. The second-order valence-electron chi connectivity index (χ2n) is 7.27. The molecule has 1 aliphatic carbocycles. The molecule has 0 fully saturated rings. The van der Waals surface area contributed by atoms with Crippen molar-refractivity contribution in [2.24, 2.45) is 0 Å². The van der Waals surface area contributed by atoms with Gasteiger partial charge in [0.05, 0.1) is 18.3 Å². The fraction of sp³-hybridized carbons (Fsp3) is 0.333. The van der Waals surface area contributed by atoms with E-state index >= 15 is 0 Å². The molecule has 4 rings (SSSR count). The van der Waals surface area contributed by atoms with Crippen molar-refractivity contribution in [1.82, 2.24) is 14.9 Å². The lowest BCUT2D eigenvalue weighted by Gasteiger charge is -2.17. The Morgan fingerprint density at radius 1 is 1.23 bits per heavy atom. The van der Waals surface area contributed by atoms with E-state index in [0.29, 0.717) is 16.1 Å². The number of halogens is 1. The number of anilines is 1. The molecule has 0 radical (unpaired) electrons. The molecule has 0 saturated heterocycles. The van der Waals surface area contributed by atoms with Crippen LogP contribution in [0.3, 0.4) is 0 Å². The van der Waals surface area contributed by atoms with Crippen LogP contribution in [0.4, 0.5) is 5.69 Å². The normalized spacial score (nSPS) is 13.1. The van der Waals surface area contributed by atoms with Crippen LogP contribution in [-0.2, 0) is 29.0 Å². The van der Waals surface area contributed by atoms with E-state index in [9.17, 15) is 14.4 Å². The van der Waals surface area contributed by atoms with E-state index in [1.807, 2.05) is 0 Å². The van der Waals surface area contributed by atoms with Crippen LogP contribution in [0.1, 0.15) is 23.3 Å². The summed E-state index contributed by atoms with van der Waals surface area (Å²) in [5.74, 6) is -0.696. The first-order valence-electron chi connectivity index (χ1n) is 9.72. The number of hydrogen-bond acceptors (Lipinski definition) is 5. The highest BCUT2D eigenvalue weighted by Crippen LogP contribution is 2.33. The quantitative estimate of drug-likeness (QED) is 0.655. The summed E-state index contributed by atoms with van der Waals surface area (Å²) in [6.07, 6.45) is 5.48. The van der Waals surface area contributed by atoms with Crippen LogP contribution >= 0.6 is 22.9 Å². The number of carbonyl (C=O) groups excluding carboxylic acids is 2. The molecule has 3 aromatic rings. The van der Waals surface area contributed by atoms with Crippen molar-refractivity contribution in [1.29, 1.82) is 0 Å². The predicted octanol–water partition coefficient (Wildman–Crippen LogP) is 2.77. The van der Waals surface area contributed by atoms with E-state index in [1.54, 1.807) is 42.6 Å². The number of likely N-dealkylation sites (N-methyl/N-ethyl adjacent to an activating group) is 1. The molecule has 2 amide bonds. The second-order valence-corrected chi connectivity index (χ2v) is 8.79. The first kappa shape index (κ1) is 20.6. The maximum atomic E-state index is 12.9. The Bertz CT molecular complexity index is 1170. The van der Waals surface area contributed by atoms with Crippen molar-refractivity contribution in [3.63, 3.8) is 0 Å². The Morgan fingerprint density at radius 2 is 1.97 bits per heavy atom. The molecule has 1 aromatic carbocycles. The summed E-state index contributed by atoms with van der Waals surface area (Å²) < 4.78 is 1.31. The van der Waals surface area contributed by atoms with Crippen LogP contribution in [0.15, 0.2) is 35.4 Å². The molecule has 0 aliphatic heterocycles. The van der Waals surface area contributed by atoms with Gasteiger partial charge < -0.3 is 10.2 Å². The van der Waals surface area contributed by atoms with Crippen LogP contribution in [-0.4, -0.2) is 35.0 Å². The van der Waals surface area contributed by atoms with Crippen molar-refractivity contribution in [3.8, 4) is 0 Å². The standard InChI is InChI=1S/C21H21ClN4O3S/c1-25(14-8-6-13(22)7-9-14)18(28)10-23-17(27)11-26-12-24-20-19(21(26)29)15-4-2-3-5-16(15)30-20/h6-9,12H,2-5,10-11H2,1H3,(H,23,27). The minimum Gasteiger partial charge on any atom is -0.345 e. The smallest absolute Gasteiger partial charge is 0.262 e. The highest BCUT2D eigenvalue weighted by Gasteiger charge is 2.20. The number of nitrogens with one attached hydrogen (secondary N) is 1. The summed E-state index contributed by atoms with van der Waals surface area (Å²) in [5.41, 5.74) is 1.57. The first-order valence-corrected chi connectivity index (χ1v) is 10.9. The molecular weight excluding hydrogens is 424 g/mol. The van der Waals surface area contributed by atoms with E-state index in [1.165, 1.54) is 20.7 Å². The molecule has 0 unspecified atom stereocenters. The summed E-state index contributed by atoms with van der Waals surface area (Å²) in [5, 5.41) is 3.80. The number of carbonyl (C=O) groups is 2. The number of aromatic nitrogens is 2. The van der Waals surface area contributed by atoms with Crippen LogP contribution < -0.4 is 15.8 Å². The molecule has 156 valence electrons. The monoisotopic (exact) mass is 444 g/mol. The van der Waals surface area contributed by atoms with Gasteiger partial charge in [0.2, 0.25) is 11.8 Å². The number of thiophene rings is 1. The zero-order chi connectivity index (χ0) is 21.3. The van der Waals surface area contributed by atoms with Crippen LogP contribution in [0, 0.1) is 0 Å². The summed E-state index contributed by atoms with van der Waals surface area (Å²) in [7, 11) is 1.62. The molecule has 7 nitrogen and oxygen atoms in total. The van der Waals surface area contributed by atoms with Gasteiger partial charge in [-0.05, 0) is 55.5 Å². The third-order valence-corrected chi connectivity index (χ3v) is 6.73. The van der Waals surface area contributed by atoms with E-state index in [2.05, 4.69) is 10.3 Å². The topological polar surface area (TPSA) is 84.3 Å². The molecular formula is C21H21ClN4O3S. The first-order chi connectivity index (χ1) is 14.4. The van der Waals surface area contributed by atoms with Gasteiger partial charge in [0.15, 0.2) is 0 Å². The Balaban J connectivity index is 1.42. The predicted molar refractivity (Wildman–Crippen MR) is 118 cm³/mol. The molecule has 0 saturated carbocycles. The van der Waals surface area contributed by atoms with Gasteiger partial charge in [-0.2, -0.15) is 0 Å². The fourth-order valence-corrected chi connectivity index (χ4v) is 4.95. The number of aryl methyl sites for hydroxylation is 2. The maximum Gasteiger partial charge on any atom is 0.262 e. The van der Waals surface area contributed by atoms with Gasteiger partial charge in [-0.15, -0.1) is 11.3 Å². The molecule has 1 aliphatic rings. The molecule has 30 heavy (non-hydrogen) atoms. The zero-order valence-electron chi connectivity index (χ0n) is 16.5. The van der Waals surface area contributed by atoms with Crippen molar-refractivity contribution < 1.29 is 9.59 Å². The molecule has 2 aromatic heterocycles. The summed E-state index contributed by atoms with van der Waals surface area (Å²) >= 11 is 7.44. The summed E-state index contributed by atoms with van der Waals surface area (Å²) in [6.45, 7) is -0.347. The van der Waals surface area contributed by atoms with E-state index in [0.717, 1.165) is 36.1 Å². The average Bonchev–Trinajstić information content (AvgIpc) is 3.13. The lowest BCUT2D eigenvalue weighted by atomic mass is 9.97.